The van der Waals surface area contributed by atoms with Crippen LogP contribution in [0.15, 0.2) is 0 Å². The number of carbonyl (C=O) groups excluding carboxylic acids is 1. The molecule has 4 nitrogen and oxygen atoms in total. The second-order valence-electron chi connectivity index (χ2n) is 4.02. The number of esters is 1. The van der Waals surface area contributed by atoms with Gasteiger partial charge in [-0.15, -0.1) is 11.3 Å². The zero-order chi connectivity index (χ0) is 13.7. The Bertz CT molecular complexity index is 407. The van der Waals surface area contributed by atoms with Crippen LogP contribution in [0.1, 0.15) is 28.7 Å². The second-order valence-corrected chi connectivity index (χ2v) is 6.11. The fraction of sp³-hybridized carbons (Fsp3) is 0.667. The molecular weight excluding hydrogens is 268 g/mol. The van der Waals surface area contributed by atoms with Crippen molar-refractivity contribution in [2.45, 2.75) is 26.3 Å². The summed E-state index contributed by atoms with van der Waals surface area (Å²) >= 11 is 3.36. The minimum Gasteiger partial charge on any atom is -0.464 e. The largest absolute Gasteiger partial charge is 0.464 e. The maximum absolute atomic E-state index is 11.5. The van der Waals surface area contributed by atoms with Gasteiger partial charge in [0, 0.05) is 23.7 Å². The number of hydrogen-bond donors (Lipinski definition) is 0. The minimum atomic E-state index is -0.360. The fourth-order valence-electron chi connectivity index (χ4n) is 1.67. The van der Waals surface area contributed by atoms with Crippen LogP contribution in [0.5, 0.6) is 0 Å². The molecule has 0 N–H and O–H groups in total. The summed E-state index contributed by atoms with van der Waals surface area (Å²) in [6.45, 7) is 4.07. The number of anilines is 1. The highest BCUT2D eigenvalue weighted by atomic mass is 32.2. The lowest BCUT2D eigenvalue weighted by Gasteiger charge is -2.26. The van der Waals surface area contributed by atoms with Gasteiger partial charge in [0.05, 0.1) is 7.11 Å². The third-order valence-electron chi connectivity index (χ3n) is 2.84. The molecule has 0 saturated heterocycles. The number of aryl methyl sites for hydroxylation is 1. The van der Waals surface area contributed by atoms with Crippen molar-refractivity contribution in [3.05, 3.63) is 10.6 Å². The molecule has 1 rings (SSSR count). The summed E-state index contributed by atoms with van der Waals surface area (Å²) in [6, 6.07) is 0.441. The monoisotopic (exact) mass is 288 g/mol. The molecule has 0 fully saturated rings. The van der Waals surface area contributed by atoms with Gasteiger partial charge in [0.1, 0.15) is 0 Å². The molecule has 0 saturated carbocycles. The highest BCUT2D eigenvalue weighted by molar-refractivity contribution is 7.98. The van der Waals surface area contributed by atoms with E-state index >= 15 is 0 Å². The van der Waals surface area contributed by atoms with Crippen molar-refractivity contribution in [2.24, 2.45) is 0 Å². The van der Waals surface area contributed by atoms with Crippen molar-refractivity contribution >= 4 is 34.2 Å². The van der Waals surface area contributed by atoms with Gasteiger partial charge in [0.2, 0.25) is 0 Å². The summed E-state index contributed by atoms with van der Waals surface area (Å²) in [5, 5.41) is 0.883. The number of rotatable bonds is 6. The maximum Gasteiger partial charge on any atom is 0.357 e. The molecule has 0 aliphatic rings. The number of hydrogen-bond acceptors (Lipinski definition) is 6. The Morgan fingerprint density at radius 1 is 1.61 bits per heavy atom. The van der Waals surface area contributed by atoms with E-state index in [1.165, 1.54) is 7.11 Å². The molecule has 1 aromatic rings. The van der Waals surface area contributed by atoms with Gasteiger partial charge in [0.25, 0.3) is 0 Å². The van der Waals surface area contributed by atoms with Crippen LogP contribution in [0.4, 0.5) is 5.13 Å². The van der Waals surface area contributed by atoms with Crippen LogP contribution in [0.2, 0.25) is 0 Å². The summed E-state index contributed by atoms with van der Waals surface area (Å²) in [4.78, 5) is 19.0. The number of ether oxygens (including phenoxy) is 1. The number of methoxy groups -OCH3 is 1. The Hall–Kier alpha value is -0.750. The Kier molecular flexibility index (Phi) is 5.95. The minimum absolute atomic E-state index is 0.360. The lowest BCUT2D eigenvalue weighted by atomic mass is 10.2. The lowest BCUT2D eigenvalue weighted by molar-refractivity contribution is 0.0594. The van der Waals surface area contributed by atoms with Crippen molar-refractivity contribution in [1.29, 1.82) is 0 Å². The normalized spacial score (nSPS) is 12.3. The van der Waals surface area contributed by atoms with E-state index < -0.39 is 0 Å². The smallest absolute Gasteiger partial charge is 0.357 e. The molecule has 18 heavy (non-hydrogen) atoms. The van der Waals surface area contributed by atoms with Gasteiger partial charge >= 0.3 is 5.97 Å². The van der Waals surface area contributed by atoms with Crippen molar-refractivity contribution in [2.75, 3.05) is 31.1 Å². The average Bonchev–Trinajstić information content (AvgIpc) is 2.76. The first-order valence-electron chi connectivity index (χ1n) is 5.82. The van der Waals surface area contributed by atoms with Crippen LogP contribution in [0.3, 0.4) is 0 Å². The fourth-order valence-corrected chi connectivity index (χ4v) is 3.45. The zero-order valence-electron chi connectivity index (χ0n) is 11.5. The van der Waals surface area contributed by atoms with E-state index in [-0.39, 0.29) is 5.97 Å². The molecule has 6 heteroatoms. The van der Waals surface area contributed by atoms with E-state index in [4.69, 9.17) is 4.74 Å². The standard InChI is InChI=1S/C12H20N2O2S2/c1-6-9(7-17-5)14(3)12-13-10(8(2)18-12)11(15)16-4/h9H,6-7H2,1-5H3. The highest BCUT2D eigenvalue weighted by Gasteiger charge is 2.21. The molecule has 0 radical (unpaired) electrons. The lowest BCUT2D eigenvalue weighted by Crippen LogP contribution is -2.33. The van der Waals surface area contributed by atoms with Crippen molar-refractivity contribution in [3.63, 3.8) is 0 Å². The molecule has 1 unspecified atom stereocenters. The van der Waals surface area contributed by atoms with Crippen molar-refractivity contribution in [1.82, 2.24) is 4.98 Å². The Balaban J connectivity index is 2.92. The summed E-state index contributed by atoms with van der Waals surface area (Å²) in [5.74, 6) is 0.695. The molecular formula is C12H20N2O2S2. The van der Waals surface area contributed by atoms with Crippen LogP contribution in [-0.2, 0) is 4.74 Å². The summed E-state index contributed by atoms with van der Waals surface area (Å²) in [7, 11) is 3.41. The number of aromatic nitrogens is 1. The van der Waals surface area contributed by atoms with Gasteiger partial charge in [-0.3, -0.25) is 0 Å². The van der Waals surface area contributed by atoms with E-state index in [1.807, 2.05) is 25.7 Å². The van der Waals surface area contributed by atoms with Gasteiger partial charge in [-0.25, -0.2) is 9.78 Å². The first-order chi connectivity index (χ1) is 8.54. The molecule has 1 atom stereocenters. The molecule has 0 aromatic carbocycles. The second kappa shape index (κ2) is 6.99. The van der Waals surface area contributed by atoms with Gasteiger partial charge in [0.15, 0.2) is 10.8 Å². The predicted molar refractivity (Wildman–Crippen MR) is 79.1 cm³/mol. The first-order valence-corrected chi connectivity index (χ1v) is 8.03. The van der Waals surface area contributed by atoms with Crippen molar-refractivity contribution in [3.8, 4) is 0 Å². The summed E-state index contributed by atoms with van der Waals surface area (Å²) in [6.07, 6.45) is 3.16. The zero-order valence-corrected chi connectivity index (χ0v) is 13.2. The molecule has 0 amide bonds. The molecule has 0 spiro atoms. The quantitative estimate of drug-likeness (QED) is 0.753. The van der Waals surface area contributed by atoms with Crippen LogP contribution in [0.25, 0.3) is 0 Å². The van der Waals surface area contributed by atoms with Gasteiger partial charge in [-0.2, -0.15) is 11.8 Å². The Morgan fingerprint density at radius 2 is 2.28 bits per heavy atom. The molecule has 0 aliphatic carbocycles. The number of nitrogens with zero attached hydrogens (tertiary/aromatic N) is 2. The molecule has 102 valence electrons. The van der Waals surface area contributed by atoms with E-state index in [0.717, 1.165) is 22.2 Å². The molecule has 0 aliphatic heterocycles. The van der Waals surface area contributed by atoms with E-state index in [2.05, 4.69) is 23.1 Å². The number of thioether (sulfide) groups is 1. The predicted octanol–water partition coefficient (Wildman–Crippen LogP) is 2.82. The van der Waals surface area contributed by atoms with Crippen LogP contribution in [-0.4, -0.2) is 43.2 Å². The third kappa shape index (κ3) is 3.38. The topological polar surface area (TPSA) is 42.4 Å². The van der Waals surface area contributed by atoms with Crippen molar-refractivity contribution < 1.29 is 9.53 Å². The van der Waals surface area contributed by atoms with Gasteiger partial charge in [-0.1, -0.05) is 6.92 Å². The average molecular weight is 288 g/mol. The highest BCUT2D eigenvalue weighted by Crippen LogP contribution is 2.27. The Labute approximate surface area is 117 Å². The van der Waals surface area contributed by atoms with Crippen LogP contribution < -0.4 is 4.90 Å². The molecule has 1 aromatic heterocycles. The first kappa shape index (κ1) is 15.3. The van der Waals surface area contributed by atoms with E-state index in [0.29, 0.717) is 11.7 Å². The number of thiazole rings is 1. The summed E-state index contributed by atoms with van der Waals surface area (Å²) in [5.41, 5.74) is 0.434. The summed E-state index contributed by atoms with van der Waals surface area (Å²) < 4.78 is 4.73. The van der Waals surface area contributed by atoms with Crippen LogP contribution in [0, 0.1) is 6.92 Å². The molecule has 1 heterocycles. The number of carbonyl (C=O) groups is 1. The van der Waals surface area contributed by atoms with Gasteiger partial charge < -0.3 is 9.64 Å². The SMILES string of the molecule is CCC(CSC)N(C)c1nc(C(=O)OC)c(C)s1. The third-order valence-corrected chi connectivity index (χ3v) is 4.62. The van der Waals surface area contributed by atoms with E-state index in [1.54, 1.807) is 11.3 Å². The van der Waals surface area contributed by atoms with Gasteiger partial charge in [-0.05, 0) is 19.6 Å². The van der Waals surface area contributed by atoms with E-state index in [9.17, 15) is 4.79 Å². The maximum atomic E-state index is 11.5. The van der Waals surface area contributed by atoms with Crippen LogP contribution >= 0.6 is 23.1 Å². The Morgan fingerprint density at radius 3 is 2.78 bits per heavy atom. The molecule has 0 bridgehead atoms.